The number of pyridine rings is 1. The van der Waals surface area contributed by atoms with Crippen molar-refractivity contribution in [3.63, 3.8) is 0 Å². The minimum atomic E-state index is 0.625. The van der Waals surface area contributed by atoms with Crippen molar-refractivity contribution < 1.29 is 4.74 Å². The summed E-state index contributed by atoms with van der Waals surface area (Å²) in [5.74, 6) is 1.57. The molecular formula is C14H16BrN3O. The lowest BCUT2D eigenvalue weighted by atomic mass is 10.2. The Labute approximate surface area is 121 Å². The molecule has 100 valence electrons. The maximum Gasteiger partial charge on any atom is 0.149 e. The first kappa shape index (κ1) is 13.7. The Kier molecular flexibility index (Phi) is 4.63. The summed E-state index contributed by atoms with van der Waals surface area (Å²) in [6.45, 7) is 3.32. The SMILES string of the molecule is CCOc1ccc(CNc2ncc(Br)cc2N)cc1. The molecule has 0 spiro atoms. The zero-order valence-corrected chi connectivity index (χ0v) is 12.3. The molecule has 0 aliphatic heterocycles. The van der Waals surface area contributed by atoms with Crippen LogP contribution in [-0.4, -0.2) is 11.6 Å². The number of nitrogens with zero attached hydrogens (tertiary/aromatic N) is 1. The number of hydrogen-bond acceptors (Lipinski definition) is 4. The van der Waals surface area contributed by atoms with Crippen LogP contribution in [0.15, 0.2) is 41.0 Å². The molecule has 0 atom stereocenters. The number of rotatable bonds is 5. The zero-order valence-electron chi connectivity index (χ0n) is 10.7. The fourth-order valence-electron chi connectivity index (χ4n) is 1.66. The number of benzene rings is 1. The van der Waals surface area contributed by atoms with Crippen molar-refractivity contribution in [2.24, 2.45) is 0 Å². The molecule has 3 N–H and O–H groups in total. The summed E-state index contributed by atoms with van der Waals surface area (Å²) in [6, 6.07) is 9.78. The average Bonchev–Trinajstić information content (AvgIpc) is 2.40. The highest BCUT2D eigenvalue weighted by atomic mass is 79.9. The number of aromatic nitrogens is 1. The first-order valence-electron chi connectivity index (χ1n) is 6.05. The molecule has 19 heavy (non-hydrogen) atoms. The molecule has 2 rings (SSSR count). The van der Waals surface area contributed by atoms with Gasteiger partial charge in [0.2, 0.25) is 0 Å². The Morgan fingerprint density at radius 1 is 1.32 bits per heavy atom. The minimum absolute atomic E-state index is 0.625. The summed E-state index contributed by atoms with van der Waals surface area (Å²) in [5.41, 5.74) is 7.65. The van der Waals surface area contributed by atoms with E-state index in [9.17, 15) is 0 Å². The van der Waals surface area contributed by atoms with Gasteiger partial charge in [0.1, 0.15) is 11.6 Å². The van der Waals surface area contributed by atoms with Crippen LogP contribution in [0.5, 0.6) is 5.75 Å². The predicted octanol–water partition coefficient (Wildman–Crippen LogP) is 3.44. The average molecular weight is 322 g/mol. The van der Waals surface area contributed by atoms with Gasteiger partial charge in [0.25, 0.3) is 0 Å². The van der Waals surface area contributed by atoms with Gasteiger partial charge >= 0.3 is 0 Å². The Morgan fingerprint density at radius 3 is 2.68 bits per heavy atom. The smallest absolute Gasteiger partial charge is 0.149 e. The highest BCUT2D eigenvalue weighted by Crippen LogP contribution is 2.20. The van der Waals surface area contributed by atoms with E-state index in [1.54, 1.807) is 6.20 Å². The van der Waals surface area contributed by atoms with Gasteiger partial charge in [0, 0.05) is 17.2 Å². The number of anilines is 2. The van der Waals surface area contributed by atoms with Gasteiger partial charge in [-0.3, -0.25) is 0 Å². The molecule has 0 aliphatic rings. The molecule has 1 aromatic carbocycles. The van der Waals surface area contributed by atoms with Crippen molar-refractivity contribution in [3.8, 4) is 5.75 Å². The number of nitrogens with two attached hydrogens (primary N) is 1. The van der Waals surface area contributed by atoms with Crippen molar-refractivity contribution in [1.29, 1.82) is 0 Å². The molecule has 0 bridgehead atoms. The van der Waals surface area contributed by atoms with Crippen LogP contribution in [0.25, 0.3) is 0 Å². The summed E-state index contributed by atoms with van der Waals surface area (Å²) in [5, 5.41) is 3.21. The summed E-state index contributed by atoms with van der Waals surface area (Å²) < 4.78 is 6.27. The molecule has 0 fully saturated rings. The molecule has 2 aromatic rings. The van der Waals surface area contributed by atoms with Gasteiger partial charge in [-0.15, -0.1) is 0 Å². The third-order valence-corrected chi connectivity index (χ3v) is 3.01. The lowest BCUT2D eigenvalue weighted by molar-refractivity contribution is 0.340. The molecule has 0 saturated heterocycles. The molecule has 0 radical (unpaired) electrons. The number of hydrogen-bond donors (Lipinski definition) is 2. The first-order chi connectivity index (χ1) is 9.19. The summed E-state index contributed by atoms with van der Waals surface area (Å²) in [6.07, 6.45) is 1.72. The Morgan fingerprint density at radius 2 is 2.05 bits per heavy atom. The molecule has 0 aliphatic carbocycles. The molecule has 4 nitrogen and oxygen atoms in total. The fraction of sp³-hybridized carbons (Fsp3) is 0.214. The highest BCUT2D eigenvalue weighted by molar-refractivity contribution is 9.10. The van der Waals surface area contributed by atoms with E-state index in [4.69, 9.17) is 10.5 Å². The van der Waals surface area contributed by atoms with E-state index in [2.05, 4.69) is 26.2 Å². The summed E-state index contributed by atoms with van der Waals surface area (Å²) >= 11 is 3.33. The van der Waals surface area contributed by atoms with Gasteiger partial charge < -0.3 is 15.8 Å². The van der Waals surface area contributed by atoms with Crippen LogP contribution in [-0.2, 0) is 6.54 Å². The van der Waals surface area contributed by atoms with Crippen LogP contribution in [0.3, 0.4) is 0 Å². The van der Waals surface area contributed by atoms with Gasteiger partial charge in [-0.2, -0.15) is 0 Å². The molecule has 0 amide bonds. The van der Waals surface area contributed by atoms with Crippen molar-refractivity contribution >= 4 is 27.4 Å². The van der Waals surface area contributed by atoms with E-state index >= 15 is 0 Å². The van der Waals surface area contributed by atoms with Gasteiger partial charge in [-0.25, -0.2) is 4.98 Å². The second-order valence-electron chi connectivity index (χ2n) is 4.02. The van der Waals surface area contributed by atoms with Crippen molar-refractivity contribution in [1.82, 2.24) is 4.98 Å². The van der Waals surface area contributed by atoms with Gasteiger partial charge in [-0.05, 0) is 46.6 Å². The second kappa shape index (κ2) is 6.43. The van der Waals surface area contributed by atoms with Crippen molar-refractivity contribution in [2.75, 3.05) is 17.7 Å². The molecule has 0 saturated carbocycles. The van der Waals surface area contributed by atoms with E-state index in [1.807, 2.05) is 37.3 Å². The second-order valence-corrected chi connectivity index (χ2v) is 4.94. The quantitative estimate of drug-likeness (QED) is 0.885. The third kappa shape index (κ3) is 3.86. The van der Waals surface area contributed by atoms with Crippen LogP contribution in [0.4, 0.5) is 11.5 Å². The van der Waals surface area contributed by atoms with Crippen LogP contribution < -0.4 is 15.8 Å². The monoisotopic (exact) mass is 321 g/mol. The van der Waals surface area contributed by atoms with Gasteiger partial charge in [0.05, 0.1) is 12.3 Å². The lowest BCUT2D eigenvalue weighted by Gasteiger charge is -2.09. The fourth-order valence-corrected chi connectivity index (χ4v) is 2.01. The van der Waals surface area contributed by atoms with Crippen LogP contribution in [0, 0.1) is 0 Å². The molecule has 1 aromatic heterocycles. The number of nitrogens with one attached hydrogen (secondary N) is 1. The number of ether oxygens (including phenoxy) is 1. The highest BCUT2D eigenvalue weighted by Gasteiger charge is 2.01. The molecule has 1 heterocycles. The van der Waals surface area contributed by atoms with E-state index in [0.29, 0.717) is 24.7 Å². The summed E-state index contributed by atoms with van der Waals surface area (Å²) in [4.78, 5) is 4.23. The zero-order chi connectivity index (χ0) is 13.7. The van der Waals surface area contributed by atoms with Crippen LogP contribution >= 0.6 is 15.9 Å². The maximum absolute atomic E-state index is 5.87. The summed E-state index contributed by atoms with van der Waals surface area (Å²) in [7, 11) is 0. The van der Waals surface area contributed by atoms with Crippen LogP contribution in [0.2, 0.25) is 0 Å². The Balaban J connectivity index is 1.98. The Hall–Kier alpha value is -1.75. The Bertz CT molecular complexity index is 543. The predicted molar refractivity (Wildman–Crippen MR) is 81.3 cm³/mol. The maximum atomic E-state index is 5.87. The minimum Gasteiger partial charge on any atom is -0.494 e. The van der Waals surface area contributed by atoms with E-state index in [-0.39, 0.29) is 0 Å². The van der Waals surface area contributed by atoms with Gasteiger partial charge in [-0.1, -0.05) is 12.1 Å². The van der Waals surface area contributed by atoms with Crippen LogP contribution in [0.1, 0.15) is 12.5 Å². The standard InChI is InChI=1S/C14H16BrN3O/c1-2-19-12-5-3-10(4-6-12)8-17-14-13(16)7-11(15)9-18-14/h3-7,9H,2,8,16H2,1H3,(H,17,18). The van der Waals surface area contributed by atoms with Gasteiger partial charge in [0.15, 0.2) is 0 Å². The van der Waals surface area contributed by atoms with Crippen molar-refractivity contribution in [2.45, 2.75) is 13.5 Å². The molecular weight excluding hydrogens is 306 g/mol. The topological polar surface area (TPSA) is 60.2 Å². The van der Waals surface area contributed by atoms with E-state index in [0.717, 1.165) is 15.8 Å². The molecule has 5 heteroatoms. The largest absolute Gasteiger partial charge is 0.494 e. The van der Waals surface area contributed by atoms with E-state index < -0.39 is 0 Å². The number of halogens is 1. The van der Waals surface area contributed by atoms with Crippen molar-refractivity contribution in [3.05, 3.63) is 46.6 Å². The normalized spacial score (nSPS) is 10.2. The lowest BCUT2D eigenvalue weighted by Crippen LogP contribution is -2.04. The molecule has 0 unspecified atom stereocenters. The third-order valence-electron chi connectivity index (χ3n) is 2.58. The van der Waals surface area contributed by atoms with E-state index in [1.165, 1.54) is 0 Å². The number of nitrogen functional groups attached to an aromatic ring is 1. The first-order valence-corrected chi connectivity index (χ1v) is 6.85.